The molecule has 1 heterocycles. The Morgan fingerprint density at radius 3 is 2.27 bits per heavy atom. The van der Waals surface area contributed by atoms with Gasteiger partial charge in [0.05, 0.1) is 0 Å². The maximum absolute atomic E-state index is 12.8. The molecule has 1 aliphatic heterocycles. The SMILES string of the molecule is CC(C)[C@@H](N1CCC[C@H](C)C1)C(F)(F)F. The Bertz CT molecular complexity index is 200. The van der Waals surface area contributed by atoms with Gasteiger partial charge in [-0.3, -0.25) is 4.90 Å². The first-order valence-electron chi connectivity index (χ1n) is 5.63. The van der Waals surface area contributed by atoms with E-state index in [-0.39, 0.29) is 5.92 Å². The smallest absolute Gasteiger partial charge is 0.292 e. The van der Waals surface area contributed by atoms with Crippen molar-refractivity contribution in [2.75, 3.05) is 13.1 Å². The van der Waals surface area contributed by atoms with Crippen LogP contribution in [0.3, 0.4) is 0 Å². The van der Waals surface area contributed by atoms with Crippen LogP contribution in [0.15, 0.2) is 0 Å². The van der Waals surface area contributed by atoms with Crippen molar-refractivity contribution in [2.24, 2.45) is 11.8 Å². The Labute approximate surface area is 89.6 Å². The highest BCUT2D eigenvalue weighted by atomic mass is 19.4. The van der Waals surface area contributed by atoms with Crippen LogP contribution in [0.5, 0.6) is 0 Å². The quantitative estimate of drug-likeness (QED) is 0.694. The molecule has 15 heavy (non-hydrogen) atoms. The summed E-state index contributed by atoms with van der Waals surface area (Å²) in [7, 11) is 0. The summed E-state index contributed by atoms with van der Waals surface area (Å²) >= 11 is 0. The van der Waals surface area contributed by atoms with Gasteiger partial charge in [0.2, 0.25) is 0 Å². The predicted octanol–water partition coefficient (Wildman–Crippen LogP) is 3.31. The van der Waals surface area contributed by atoms with Crippen LogP contribution in [0.2, 0.25) is 0 Å². The molecule has 0 amide bonds. The van der Waals surface area contributed by atoms with Gasteiger partial charge in [-0.25, -0.2) is 0 Å². The second-order valence-electron chi connectivity index (χ2n) is 4.97. The number of hydrogen-bond acceptors (Lipinski definition) is 1. The van der Waals surface area contributed by atoms with Crippen LogP contribution in [0.25, 0.3) is 0 Å². The highest BCUT2D eigenvalue weighted by Crippen LogP contribution is 2.32. The molecule has 90 valence electrons. The largest absolute Gasteiger partial charge is 0.404 e. The maximum atomic E-state index is 12.8. The fraction of sp³-hybridized carbons (Fsp3) is 1.00. The molecule has 0 aromatic heterocycles. The Morgan fingerprint density at radius 1 is 1.27 bits per heavy atom. The van der Waals surface area contributed by atoms with Crippen molar-refractivity contribution in [3.63, 3.8) is 0 Å². The first-order valence-corrected chi connectivity index (χ1v) is 5.63. The molecular weight excluding hydrogens is 203 g/mol. The molecule has 1 fully saturated rings. The van der Waals surface area contributed by atoms with E-state index in [4.69, 9.17) is 0 Å². The van der Waals surface area contributed by atoms with E-state index < -0.39 is 12.2 Å². The van der Waals surface area contributed by atoms with E-state index in [2.05, 4.69) is 0 Å². The highest BCUT2D eigenvalue weighted by molar-refractivity contribution is 4.84. The molecule has 4 heteroatoms. The normalized spacial score (nSPS) is 27.0. The van der Waals surface area contributed by atoms with Gasteiger partial charge in [0.1, 0.15) is 6.04 Å². The van der Waals surface area contributed by atoms with Crippen molar-refractivity contribution in [3.8, 4) is 0 Å². The molecule has 0 N–H and O–H groups in total. The maximum Gasteiger partial charge on any atom is 0.404 e. The van der Waals surface area contributed by atoms with Crippen molar-refractivity contribution in [1.82, 2.24) is 4.90 Å². The fourth-order valence-electron chi connectivity index (χ4n) is 2.49. The lowest BCUT2D eigenvalue weighted by Gasteiger charge is -2.40. The van der Waals surface area contributed by atoms with E-state index in [1.54, 1.807) is 18.7 Å². The van der Waals surface area contributed by atoms with Crippen molar-refractivity contribution >= 4 is 0 Å². The lowest BCUT2D eigenvalue weighted by Crippen LogP contribution is -2.52. The van der Waals surface area contributed by atoms with Crippen molar-refractivity contribution in [3.05, 3.63) is 0 Å². The Balaban J connectivity index is 2.71. The third-order valence-corrected chi connectivity index (χ3v) is 3.05. The molecule has 0 aromatic carbocycles. The molecule has 0 spiro atoms. The van der Waals surface area contributed by atoms with E-state index >= 15 is 0 Å². The monoisotopic (exact) mass is 223 g/mol. The second-order valence-corrected chi connectivity index (χ2v) is 4.97. The first kappa shape index (κ1) is 12.8. The van der Waals surface area contributed by atoms with Crippen LogP contribution in [0, 0.1) is 11.8 Å². The van der Waals surface area contributed by atoms with Gasteiger partial charge in [-0.1, -0.05) is 20.8 Å². The van der Waals surface area contributed by atoms with Gasteiger partial charge in [-0.15, -0.1) is 0 Å². The molecule has 1 rings (SSSR count). The van der Waals surface area contributed by atoms with Crippen LogP contribution in [0.4, 0.5) is 13.2 Å². The van der Waals surface area contributed by atoms with Crippen LogP contribution in [-0.2, 0) is 0 Å². The third kappa shape index (κ3) is 3.37. The number of alkyl halides is 3. The Kier molecular flexibility index (Phi) is 4.04. The number of piperidine rings is 1. The van der Waals surface area contributed by atoms with E-state index in [0.29, 0.717) is 19.0 Å². The zero-order valence-corrected chi connectivity index (χ0v) is 9.64. The minimum absolute atomic E-state index is 0.365. The van der Waals surface area contributed by atoms with Crippen LogP contribution >= 0.6 is 0 Å². The zero-order chi connectivity index (χ0) is 11.6. The average Bonchev–Trinajstić information content (AvgIpc) is 1.99. The first-order chi connectivity index (χ1) is 6.82. The summed E-state index contributed by atoms with van der Waals surface area (Å²) in [5.41, 5.74) is 0. The van der Waals surface area contributed by atoms with Crippen molar-refractivity contribution in [1.29, 1.82) is 0 Å². The van der Waals surface area contributed by atoms with Gasteiger partial charge in [-0.05, 0) is 31.2 Å². The summed E-state index contributed by atoms with van der Waals surface area (Å²) in [6, 6.07) is -1.26. The van der Waals surface area contributed by atoms with Crippen LogP contribution in [-0.4, -0.2) is 30.2 Å². The molecule has 2 atom stereocenters. The molecule has 0 aliphatic carbocycles. The van der Waals surface area contributed by atoms with E-state index in [1.165, 1.54) is 0 Å². The topological polar surface area (TPSA) is 3.24 Å². The summed E-state index contributed by atoms with van der Waals surface area (Å²) in [6.07, 6.45) is -2.15. The number of nitrogens with zero attached hydrogens (tertiary/aromatic N) is 1. The van der Waals surface area contributed by atoms with E-state index in [0.717, 1.165) is 12.8 Å². The summed E-state index contributed by atoms with van der Waals surface area (Å²) in [5, 5.41) is 0. The number of hydrogen-bond donors (Lipinski definition) is 0. The molecule has 1 aliphatic rings. The number of rotatable bonds is 2. The molecule has 0 saturated carbocycles. The zero-order valence-electron chi connectivity index (χ0n) is 9.64. The number of likely N-dealkylation sites (tertiary alicyclic amines) is 1. The van der Waals surface area contributed by atoms with Gasteiger partial charge >= 0.3 is 6.18 Å². The van der Waals surface area contributed by atoms with Gasteiger partial charge in [0.25, 0.3) is 0 Å². The summed E-state index contributed by atoms with van der Waals surface area (Å²) < 4.78 is 38.5. The highest BCUT2D eigenvalue weighted by Gasteiger charge is 2.45. The third-order valence-electron chi connectivity index (χ3n) is 3.05. The predicted molar refractivity (Wildman–Crippen MR) is 54.7 cm³/mol. The lowest BCUT2D eigenvalue weighted by molar-refractivity contribution is -0.198. The summed E-state index contributed by atoms with van der Waals surface area (Å²) in [5.74, 6) is 0.0256. The number of halogens is 3. The molecular formula is C11H20F3N. The average molecular weight is 223 g/mol. The molecule has 1 nitrogen and oxygen atoms in total. The Hall–Kier alpha value is -0.250. The summed E-state index contributed by atoms with van der Waals surface area (Å²) in [4.78, 5) is 1.61. The van der Waals surface area contributed by atoms with Gasteiger partial charge in [-0.2, -0.15) is 13.2 Å². The van der Waals surface area contributed by atoms with Crippen LogP contribution < -0.4 is 0 Å². The van der Waals surface area contributed by atoms with Gasteiger partial charge < -0.3 is 0 Å². The molecule has 1 saturated heterocycles. The molecule has 0 bridgehead atoms. The van der Waals surface area contributed by atoms with Crippen LogP contribution in [0.1, 0.15) is 33.6 Å². The molecule has 0 aromatic rings. The van der Waals surface area contributed by atoms with Crippen molar-refractivity contribution < 1.29 is 13.2 Å². The van der Waals surface area contributed by atoms with E-state index in [1.807, 2.05) is 6.92 Å². The van der Waals surface area contributed by atoms with E-state index in [9.17, 15) is 13.2 Å². The fourth-order valence-corrected chi connectivity index (χ4v) is 2.49. The summed E-state index contributed by atoms with van der Waals surface area (Å²) in [6.45, 7) is 6.50. The Morgan fingerprint density at radius 2 is 1.87 bits per heavy atom. The minimum atomic E-state index is -4.09. The standard InChI is InChI=1S/C11H20F3N/c1-8(2)10(11(12,13)14)15-6-4-5-9(3)7-15/h8-10H,4-7H2,1-3H3/t9-,10+/m0/s1. The second kappa shape index (κ2) is 4.73. The van der Waals surface area contributed by atoms with Gasteiger partial charge in [0, 0.05) is 6.54 Å². The van der Waals surface area contributed by atoms with Gasteiger partial charge in [0.15, 0.2) is 0 Å². The molecule has 0 radical (unpaired) electrons. The van der Waals surface area contributed by atoms with Crippen molar-refractivity contribution in [2.45, 2.75) is 45.8 Å². The minimum Gasteiger partial charge on any atom is -0.292 e. The lowest BCUT2D eigenvalue weighted by atomic mass is 9.94. The molecule has 0 unspecified atom stereocenters.